The van der Waals surface area contributed by atoms with E-state index < -0.39 is 0 Å². The number of carbonyl (C=O) groups excluding carboxylic acids is 1. The number of halogens is 2. The zero-order valence-electron chi connectivity index (χ0n) is 11.5. The second kappa shape index (κ2) is 8.62. The summed E-state index contributed by atoms with van der Waals surface area (Å²) in [5.41, 5.74) is 2.06. The Morgan fingerprint density at radius 3 is 2.38 bits per heavy atom. The van der Waals surface area contributed by atoms with Crippen molar-refractivity contribution >= 4 is 45.1 Å². The lowest BCUT2D eigenvalue weighted by molar-refractivity contribution is 0.0982. The topological polar surface area (TPSA) is 17.1 Å². The number of benzene rings is 2. The van der Waals surface area contributed by atoms with E-state index in [-0.39, 0.29) is 5.78 Å². The van der Waals surface area contributed by atoms with Crippen molar-refractivity contribution in [3.63, 3.8) is 0 Å². The number of rotatable bonds is 7. The van der Waals surface area contributed by atoms with Gasteiger partial charge in [0.15, 0.2) is 5.78 Å². The van der Waals surface area contributed by atoms with Crippen LogP contribution < -0.4 is 0 Å². The molecule has 0 heterocycles. The van der Waals surface area contributed by atoms with E-state index in [1.165, 1.54) is 5.56 Å². The number of hydrogen-bond donors (Lipinski definition) is 0. The third-order valence-corrected chi connectivity index (χ3v) is 4.94. The third kappa shape index (κ3) is 5.85. The Morgan fingerprint density at radius 2 is 1.71 bits per heavy atom. The maximum atomic E-state index is 12.0. The van der Waals surface area contributed by atoms with Gasteiger partial charge in [-0.05, 0) is 42.0 Å². The molecule has 2 rings (SSSR count). The summed E-state index contributed by atoms with van der Waals surface area (Å²) in [6.07, 6.45) is 1.52. The number of ketones is 1. The average molecular weight is 384 g/mol. The van der Waals surface area contributed by atoms with Crippen molar-refractivity contribution in [2.45, 2.75) is 18.6 Å². The van der Waals surface area contributed by atoms with Crippen LogP contribution in [0.5, 0.6) is 0 Å². The van der Waals surface area contributed by atoms with Crippen molar-refractivity contribution in [3.8, 4) is 0 Å². The largest absolute Gasteiger partial charge is 0.294 e. The molecule has 0 amide bonds. The van der Waals surface area contributed by atoms with Gasteiger partial charge in [-0.25, -0.2) is 0 Å². The normalized spacial score (nSPS) is 10.6. The third-order valence-electron chi connectivity index (χ3n) is 3.04. The van der Waals surface area contributed by atoms with Gasteiger partial charge in [0.1, 0.15) is 0 Å². The Morgan fingerprint density at radius 1 is 1.05 bits per heavy atom. The van der Waals surface area contributed by atoms with E-state index in [4.69, 9.17) is 11.6 Å². The van der Waals surface area contributed by atoms with Crippen LogP contribution in [0.25, 0.3) is 0 Å². The number of carbonyl (C=O) groups is 1. The van der Waals surface area contributed by atoms with Gasteiger partial charge in [-0.2, -0.15) is 11.8 Å². The predicted octanol–water partition coefficient (Wildman–Crippen LogP) is 6.00. The summed E-state index contributed by atoms with van der Waals surface area (Å²) in [6, 6.07) is 15.5. The van der Waals surface area contributed by atoms with Crippen molar-refractivity contribution in [2.24, 2.45) is 0 Å². The molecule has 0 aromatic heterocycles. The Bertz CT molecular complexity index is 581. The molecule has 0 N–H and O–H groups in total. The van der Waals surface area contributed by atoms with Crippen LogP contribution in [-0.2, 0) is 5.75 Å². The lowest BCUT2D eigenvalue weighted by Crippen LogP contribution is -1.99. The maximum absolute atomic E-state index is 12.0. The molecule has 0 radical (unpaired) electrons. The lowest BCUT2D eigenvalue weighted by atomic mass is 10.1. The predicted molar refractivity (Wildman–Crippen MR) is 95.3 cm³/mol. The van der Waals surface area contributed by atoms with Crippen molar-refractivity contribution in [1.29, 1.82) is 0 Å². The Balaban J connectivity index is 1.66. The molecule has 0 aliphatic rings. The highest BCUT2D eigenvalue weighted by atomic mass is 79.9. The van der Waals surface area contributed by atoms with Crippen LogP contribution in [0.4, 0.5) is 0 Å². The van der Waals surface area contributed by atoms with Crippen LogP contribution in [0, 0.1) is 0 Å². The highest BCUT2D eigenvalue weighted by molar-refractivity contribution is 9.10. The maximum Gasteiger partial charge on any atom is 0.162 e. The fourth-order valence-electron chi connectivity index (χ4n) is 1.89. The van der Waals surface area contributed by atoms with Crippen LogP contribution in [0.3, 0.4) is 0 Å². The van der Waals surface area contributed by atoms with Crippen LogP contribution >= 0.6 is 39.3 Å². The standard InChI is InChI=1S/C17H16BrClOS/c18-15-7-5-14(6-8-15)17(20)2-1-11-21-12-13-3-9-16(19)10-4-13/h3-10H,1-2,11-12H2. The van der Waals surface area contributed by atoms with E-state index in [1.807, 2.05) is 60.3 Å². The van der Waals surface area contributed by atoms with E-state index in [2.05, 4.69) is 15.9 Å². The summed E-state index contributed by atoms with van der Waals surface area (Å²) in [5.74, 6) is 2.17. The van der Waals surface area contributed by atoms with Gasteiger partial charge in [0.25, 0.3) is 0 Å². The molecule has 2 aromatic carbocycles. The fourth-order valence-corrected chi connectivity index (χ4v) is 3.20. The minimum absolute atomic E-state index is 0.217. The number of thioether (sulfide) groups is 1. The molecule has 2 aromatic rings. The van der Waals surface area contributed by atoms with Gasteiger partial charge in [-0.3, -0.25) is 4.79 Å². The van der Waals surface area contributed by atoms with E-state index in [0.717, 1.165) is 33.0 Å². The molecule has 0 fully saturated rings. The fraction of sp³-hybridized carbons (Fsp3) is 0.235. The molecule has 0 aliphatic carbocycles. The van der Waals surface area contributed by atoms with Gasteiger partial charge in [0, 0.05) is 27.2 Å². The Kier molecular flexibility index (Phi) is 6.81. The molecule has 0 unspecified atom stereocenters. The van der Waals surface area contributed by atoms with Gasteiger partial charge in [0.2, 0.25) is 0 Å². The van der Waals surface area contributed by atoms with Crippen LogP contribution in [0.2, 0.25) is 5.02 Å². The van der Waals surface area contributed by atoms with Crippen LogP contribution in [0.1, 0.15) is 28.8 Å². The quantitative estimate of drug-likeness (QED) is 0.431. The average Bonchev–Trinajstić information content (AvgIpc) is 2.49. The van der Waals surface area contributed by atoms with Gasteiger partial charge < -0.3 is 0 Å². The summed E-state index contributed by atoms with van der Waals surface area (Å²) in [6.45, 7) is 0. The zero-order valence-corrected chi connectivity index (χ0v) is 14.7. The summed E-state index contributed by atoms with van der Waals surface area (Å²) < 4.78 is 0.998. The summed E-state index contributed by atoms with van der Waals surface area (Å²) in [7, 11) is 0. The molecule has 0 bridgehead atoms. The van der Waals surface area contributed by atoms with Gasteiger partial charge in [-0.15, -0.1) is 0 Å². The molecule has 0 spiro atoms. The van der Waals surface area contributed by atoms with Crippen LogP contribution in [0.15, 0.2) is 53.0 Å². The van der Waals surface area contributed by atoms with Gasteiger partial charge in [0.05, 0.1) is 0 Å². The zero-order chi connectivity index (χ0) is 15.1. The molecule has 0 saturated carbocycles. The molecule has 110 valence electrons. The van der Waals surface area contributed by atoms with Gasteiger partial charge >= 0.3 is 0 Å². The monoisotopic (exact) mass is 382 g/mol. The Hall–Kier alpha value is -0.770. The summed E-state index contributed by atoms with van der Waals surface area (Å²) in [5, 5.41) is 0.767. The molecule has 0 saturated heterocycles. The molecule has 0 aliphatic heterocycles. The van der Waals surface area contributed by atoms with E-state index >= 15 is 0 Å². The minimum atomic E-state index is 0.217. The first-order valence-electron chi connectivity index (χ1n) is 6.76. The molecule has 1 nitrogen and oxygen atoms in total. The first kappa shape index (κ1) is 16.6. The minimum Gasteiger partial charge on any atom is -0.294 e. The number of hydrogen-bond acceptors (Lipinski definition) is 2. The van der Waals surface area contributed by atoms with Crippen molar-refractivity contribution in [1.82, 2.24) is 0 Å². The second-order valence-corrected chi connectivity index (χ2v) is 7.17. The SMILES string of the molecule is O=C(CCCSCc1ccc(Cl)cc1)c1ccc(Br)cc1. The van der Waals surface area contributed by atoms with E-state index in [0.29, 0.717) is 6.42 Å². The van der Waals surface area contributed by atoms with Crippen LogP contribution in [-0.4, -0.2) is 11.5 Å². The molecular formula is C17H16BrClOS. The van der Waals surface area contributed by atoms with Crippen molar-refractivity contribution < 1.29 is 4.79 Å². The first-order valence-corrected chi connectivity index (χ1v) is 9.08. The number of Topliss-reactive ketones (excluding diaryl/α,β-unsaturated/α-hetero) is 1. The molecular weight excluding hydrogens is 368 g/mol. The smallest absolute Gasteiger partial charge is 0.162 e. The highest BCUT2D eigenvalue weighted by Crippen LogP contribution is 2.17. The van der Waals surface area contributed by atoms with Gasteiger partial charge in [-0.1, -0.05) is 51.8 Å². The van der Waals surface area contributed by atoms with Crippen molar-refractivity contribution in [2.75, 3.05) is 5.75 Å². The first-order chi connectivity index (χ1) is 10.1. The molecule has 0 atom stereocenters. The summed E-state index contributed by atoms with van der Waals surface area (Å²) >= 11 is 11.1. The molecule has 4 heteroatoms. The molecule has 21 heavy (non-hydrogen) atoms. The van der Waals surface area contributed by atoms with Crippen molar-refractivity contribution in [3.05, 3.63) is 69.2 Å². The van der Waals surface area contributed by atoms with E-state index in [1.54, 1.807) is 0 Å². The Labute approximate surface area is 143 Å². The second-order valence-electron chi connectivity index (χ2n) is 4.71. The summed E-state index contributed by atoms with van der Waals surface area (Å²) in [4.78, 5) is 12.0. The highest BCUT2D eigenvalue weighted by Gasteiger charge is 2.05. The van der Waals surface area contributed by atoms with E-state index in [9.17, 15) is 4.79 Å². The lowest BCUT2D eigenvalue weighted by Gasteiger charge is -2.03.